The molecule has 1 aromatic carbocycles. The maximum atomic E-state index is 11.7. The summed E-state index contributed by atoms with van der Waals surface area (Å²) >= 11 is 4.20. The molecule has 5 heteroatoms. The van der Waals surface area contributed by atoms with E-state index in [0.29, 0.717) is 12.2 Å². The molecule has 0 spiro atoms. The van der Waals surface area contributed by atoms with Crippen molar-refractivity contribution in [3.8, 4) is 0 Å². The van der Waals surface area contributed by atoms with E-state index in [1.165, 1.54) is 0 Å². The van der Waals surface area contributed by atoms with Gasteiger partial charge >= 0.3 is 0 Å². The summed E-state index contributed by atoms with van der Waals surface area (Å²) in [5.41, 5.74) is 0.969. The van der Waals surface area contributed by atoms with Gasteiger partial charge in [0.25, 0.3) is 0 Å². The Kier molecular flexibility index (Phi) is 6.43. The summed E-state index contributed by atoms with van der Waals surface area (Å²) < 4.78 is 10.9. The highest BCUT2D eigenvalue weighted by Crippen LogP contribution is 2.08. The van der Waals surface area contributed by atoms with Gasteiger partial charge in [-0.25, -0.2) is 0 Å². The lowest BCUT2D eigenvalue weighted by atomic mass is 10.1. The number of nitrogens with one attached hydrogen (secondary N) is 1. The zero-order chi connectivity index (χ0) is 13.5. The first-order valence-corrected chi connectivity index (χ1v) is 8.02. The molecule has 0 bridgehead atoms. The lowest BCUT2D eigenvalue weighted by Gasteiger charge is -2.13. The molecule has 0 saturated carbocycles. The Hall–Kier alpha value is -0.810. The van der Waals surface area contributed by atoms with E-state index in [1.54, 1.807) is 6.26 Å². The second kappa shape index (κ2) is 7.59. The van der Waals surface area contributed by atoms with E-state index in [9.17, 15) is 9.00 Å². The zero-order valence-electron chi connectivity index (χ0n) is 10.7. The lowest BCUT2D eigenvalue weighted by molar-refractivity contribution is -0.121. The third-order valence-electron chi connectivity index (χ3n) is 2.55. The van der Waals surface area contributed by atoms with E-state index >= 15 is 0 Å². The van der Waals surface area contributed by atoms with Crippen molar-refractivity contribution >= 4 is 29.3 Å². The molecule has 0 aliphatic heterocycles. The standard InChI is InChI=1S/C13H19NO2S2/c1-10(7-8-18(2)16)14-13(15)9-11-3-5-12(17)6-4-11/h3-6,10,17H,7-9H2,1-2H3,(H,14,15). The Labute approximate surface area is 116 Å². The summed E-state index contributed by atoms with van der Waals surface area (Å²) in [5.74, 6) is 0.617. The van der Waals surface area contributed by atoms with Crippen LogP contribution in [0.1, 0.15) is 18.9 Å². The van der Waals surface area contributed by atoms with Gasteiger partial charge in [-0.05, 0) is 31.0 Å². The molecular formula is C13H19NO2S2. The van der Waals surface area contributed by atoms with Gasteiger partial charge < -0.3 is 5.32 Å². The molecule has 0 aliphatic rings. The first-order chi connectivity index (χ1) is 8.47. The van der Waals surface area contributed by atoms with Crippen LogP contribution in [0.25, 0.3) is 0 Å². The Balaban J connectivity index is 2.37. The van der Waals surface area contributed by atoms with Gasteiger partial charge in [0.05, 0.1) is 6.42 Å². The zero-order valence-corrected chi connectivity index (χ0v) is 12.4. The molecule has 18 heavy (non-hydrogen) atoms. The van der Waals surface area contributed by atoms with Gasteiger partial charge in [-0.3, -0.25) is 9.00 Å². The van der Waals surface area contributed by atoms with E-state index < -0.39 is 10.8 Å². The molecule has 3 nitrogen and oxygen atoms in total. The monoisotopic (exact) mass is 285 g/mol. The van der Waals surface area contributed by atoms with Crippen LogP contribution in [0.2, 0.25) is 0 Å². The molecule has 2 atom stereocenters. The van der Waals surface area contributed by atoms with E-state index in [0.717, 1.165) is 16.9 Å². The first-order valence-electron chi connectivity index (χ1n) is 5.84. The molecular weight excluding hydrogens is 266 g/mol. The quantitative estimate of drug-likeness (QED) is 0.783. The molecule has 0 saturated heterocycles. The summed E-state index contributed by atoms with van der Waals surface area (Å²) in [5, 5.41) is 2.91. The van der Waals surface area contributed by atoms with Crippen molar-refractivity contribution in [3.05, 3.63) is 29.8 Å². The molecule has 100 valence electrons. The van der Waals surface area contributed by atoms with Crippen LogP contribution in [0.5, 0.6) is 0 Å². The van der Waals surface area contributed by atoms with Crippen LogP contribution in [0.15, 0.2) is 29.2 Å². The van der Waals surface area contributed by atoms with E-state index in [2.05, 4.69) is 17.9 Å². The van der Waals surface area contributed by atoms with Crippen LogP contribution in [-0.2, 0) is 22.0 Å². The molecule has 1 rings (SSSR count). The summed E-state index contributed by atoms with van der Waals surface area (Å²) in [7, 11) is -0.801. The van der Waals surface area contributed by atoms with Crippen molar-refractivity contribution in [2.45, 2.75) is 30.7 Å². The maximum Gasteiger partial charge on any atom is 0.224 e. The third-order valence-corrected chi connectivity index (χ3v) is 3.66. The third kappa shape index (κ3) is 6.21. The average molecular weight is 285 g/mol. The molecule has 1 amide bonds. The van der Waals surface area contributed by atoms with Crippen molar-refractivity contribution in [1.29, 1.82) is 0 Å². The topological polar surface area (TPSA) is 46.2 Å². The Morgan fingerprint density at radius 2 is 2.00 bits per heavy atom. The number of benzene rings is 1. The summed E-state index contributed by atoms with van der Waals surface area (Å²) in [6.45, 7) is 1.93. The van der Waals surface area contributed by atoms with Crippen molar-refractivity contribution < 1.29 is 9.00 Å². The summed E-state index contributed by atoms with van der Waals surface area (Å²) in [6, 6.07) is 7.59. The minimum atomic E-state index is -0.801. The van der Waals surface area contributed by atoms with Crippen LogP contribution in [-0.4, -0.2) is 28.2 Å². The van der Waals surface area contributed by atoms with Crippen LogP contribution in [0.3, 0.4) is 0 Å². The summed E-state index contributed by atoms with van der Waals surface area (Å²) in [4.78, 5) is 12.6. The molecule has 0 aromatic heterocycles. The Bertz CT molecular complexity index is 418. The first kappa shape index (κ1) is 15.2. The van der Waals surface area contributed by atoms with Gasteiger partial charge in [0.15, 0.2) is 0 Å². The lowest BCUT2D eigenvalue weighted by Crippen LogP contribution is -2.34. The molecule has 1 N–H and O–H groups in total. The van der Waals surface area contributed by atoms with Gasteiger partial charge in [-0.15, -0.1) is 12.6 Å². The van der Waals surface area contributed by atoms with Gasteiger partial charge in [0, 0.05) is 33.7 Å². The minimum absolute atomic E-state index is 0.00343. The van der Waals surface area contributed by atoms with E-state index in [-0.39, 0.29) is 11.9 Å². The number of hydrogen-bond donors (Lipinski definition) is 2. The largest absolute Gasteiger partial charge is 0.353 e. The number of amides is 1. The fourth-order valence-electron chi connectivity index (χ4n) is 1.54. The second-order valence-electron chi connectivity index (χ2n) is 4.38. The van der Waals surface area contributed by atoms with E-state index in [4.69, 9.17) is 0 Å². The molecule has 1 aromatic rings. The van der Waals surface area contributed by atoms with Crippen LogP contribution in [0, 0.1) is 0 Å². The predicted molar refractivity (Wildman–Crippen MR) is 78.6 cm³/mol. The number of thiol groups is 1. The van der Waals surface area contributed by atoms with Gasteiger partial charge in [-0.2, -0.15) is 0 Å². The highest BCUT2D eigenvalue weighted by Gasteiger charge is 2.08. The number of hydrogen-bond acceptors (Lipinski definition) is 3. The Morgan fingerprint density at radius 3 is 2.56 bits per heavy atom. The van der Waals surface area contributed by atoms with Gasteiger partial charge in [-0.1, -0.05) is 12.1 Å². The normalized spacial score (nSPS) is 13.9. The van der Waals surface area contributed by atoms with Crippen LogP contribution >= 0.6 is 12.6 Å². The fraction of sp³-hybridized carbons (Fsp3) is 0.462. The smallest absolute Gasteiger partial charge is 0.224 e. The van der Waals surface area contributed by atoms with Crippen molar-refractivity contribution in [2.24, 2.45) is 0 Å². The highest BCUT2D eigenvalue weighted by molar-refractivity contribution is 7.84. The number of carbonyl (C=O) groups excluding carboxylic acids is 1. The summed E-state index contributed by atoms with van der Waals surface area (Å²) in [6.07, 6.45) is 2.78. The minimum Gasteiger partial charge on any atom is -0.353 e. The number of carbonyl (C=O) groups is 1. The molecule has 0 aliphatic carbocycles. The van der Waals surface area contributed by atoms with Gasteiger partial charge in [0.1, 0.15) is 0 Å². The Morgan fingerprint density at radius 1 is 1.39 bits per heavy atom. The van der Waals surface area contributed by atoms with Crippen molar-refractivity contribution in [3.63, 3.8) is 0 Å². The maximum absolute atomic E-state index is 11.7. The molecule has 0 radical (unpaired) electrons. The van der Waals surface area contributed by atoms with E-state index in [1.807, 2.05) is 31.2 Å². The SMILES string of the molecule is CC(CCS(C)=O)NC(=O)Cc1ccc(S)cc1. The van der Waals surface area contributed by atoms with Crippen LogP contribution < -0.4 is 5.32 Å². The second-order valence-corrected chi connectivity index (χ2v) is 6.45. The predicted octanol–water partition coefficient (Wildman–Crippen LogP) is 1.79. The average Bonchev–Trinajstić information content (AvgIpc) is 2.29. The molecule has 2 unspecified atom stereocenters. The number of rotatable bonds is 6. The van der Waals surface area contributed by atoms with Crippen molar-refractivity contribution in [2.75, 3.05) is 12.0 Å². The fourth-order valence-corrected chi connectivity index (χ4v) is 2.37. The highest BCUT2D eigenvalue weighted by atomic mass is 32.2. The molecule has 0 heterocycles. The molecule has 0 fully saturated rings. The van der Waals surface area contributed by atoms with Crippen molar-refractivity contribution in [1.82, 2.24) is 5.32 Å². The van der Waals surface area contributed by atoms with Crippen LogP contribution in [0.4, 0.5) is 0 Å². The van der Waals surface area contributed by atoms with Gasteiger partial charge in [0.2, 0.25) is 5.91 Å².